The number of nitrogens with zero attached hydrogens (tertiary/aromatic N) is 6. The second kappa shape index (κ2) is 19.6. The van der Waals surface area contributed by atoms with E-state index in [0.717, 1.165) is 83.8 Å². The van der Waals surface area contributed by atoms with E-state index in [2.05, 4.69) is 247 Å². The van der Waals surface area contributed by atoms with Gasteiger partial charge in [-0.3, -0.25) is 4.98 Å². The summed E-state index contributed by atoms with van der Waals surface area (Å²) in [5.41, 5.74) is 15.7. The average molecular weight is 1170 g/mol. The van der Waals surface area contributed by atoms with Crippen molar-refractivity contribution in [1.29, 1.82) is 0 Å². The van der Waals surface area contributed by atoms with E-state index >= 15 is 0 Å². The molecule has 0 bridgehead atoms. The third-order valence-corrected chi connectivity index (χ3v) is 14.3. The van der Waals surface area contributed by atoms with Crippen LogP contribution in [0.4, 0.5) is 0 Å². The van der Waals surface area contributed by atoms with Crippen molar-refractivity contribution < 1.29 is 30.4 Å². The Morgan fingerprint density at radius 3 is 1.72 bits per heavy atom. The van der Waals surface area contributed by atoms with E-state index in [1.54, 1.807) is 4.68 Å². The van der Waals surface area contributed by atoms with Crippen molar-refractivity contribution >= 4 is 21.8 Å². The van der Waals surface area contributed by atoms with Gasteiger partial charge in [-0.1, -0.05) is 192 Å². The van der Waals surface area contributed by atoms with Crippen molar-refractivity contribution in [2.45, 2.75) is 126 Å². The minimum absolute atomic E-state index is 0. The number of rotatable bonds is 8. The first kappa shape index (κ1) is 52.9. The molecule has 384 valence electrons. The van der Waals surface area contributed by atoms with Gasteiger partial charge in [0.1, 0.15) is 5.82 Å². The molecule has 0 aliphatic carbocycles. The van der Waals surface area contributed by atoms with Crippen LogP contribution in [-0.2, 0) is 42.7 Å². The minimum atomic E-state index is -0.115. The van der Waals surface area contributed by atoms with Gasteiger partial charge in [-0.05, 0) is 127 Å². The summed E-state index contributed by atoms with van der Waals surface area (Å²) in [6, 6.07) is 54.6. The van der Waals surface area contributed by atoms with Crippen molar-refractivity contribution in [3.05, 3.63) is 197 Å². The third-order valence-electron chi connectivity index (χ3n) is 14.3. The van der Waals surface area contributed by atoms with E-state index in [1.165, 1.54) is 22.3 Å². The van der Waals surface area contributed by atoms with Gasteiger partial charge in [0, 0.05) is 55.3 Å². The molecule has 75 heavy (non-hydrogen) atoms. The number of para-hydroxylation sites is 1. The molecule has 10 rings (SSSR count). The molecule has 0 aliphatic heterocycles. The number of hydrogen-bond acceptors (Lipinski definition) is 4. The van der Waals surface area contributed by atoms with Gasteiger partial charge in [0.2, 0.25) is 12.2 Å². The molecule has 0 aliphatic rings. The molecule has 0 N–H and O–H groups in total. The number of aryl methyl sites for hydroxylation is 3. The van der Waals surface area contributed by atoms with Crippen molar-refractivity contribution in [2.24, 2.45) is 0 Å². The molecule has 0 unspecified atom stereocenters. The zero-order valence-corrected chi connectivity index (χ0v) is 48.5. The normalized spacial score (nSPS) is 12.4. The fourth-order valence-corrected chi connectivity index (χ4v) is 9.81. The van der Waals surface area contributed by atoms with Crippen LogP contribution in [0.15, 0.2) is 140 Å². The summed E-state index contributed by atoms with van der Waals surface area (Å²) in [4.78, 5) is 10.4. The number of pyridine rings is 2. The van der Waals surface area contributed by atoms with Crippen LogP contribution in [0.2, 0.25) is 0 Å². The summed E-state index contributed by atoms with van der Waals surface area (Å²) in [5.74, 6) is 3.00. The monoisotopic (exact) mass is 1170 g/mol. The van der Waals surface area contributed by atoms with Gasteiger partial charge in [-0.2, -0.15) is 16.8 Å². The van der Waals surface area contributed by atoms with Crippen molar-refractivity contribution in [1.82, 2.24) is 24.3 Å². The van der Waals surface area contributed by atoms with Crippen LogP contribution in [0, 0.1) is 39.2 Å². The van der Waals surface area contributed by atoms with E-state index in [4.69, 9.17) is 19.8 Å². The molecule has 8 heteroatoms. The topological polar surface area (TPSA) is 61.6 Å². The van der Waals surface area contributed by atoms with Gasteiger partial charge in [0.25, 0.3) is 0 Å². The zero-order valence-electron chi connectivity index (χ0n) is 46.2. The average Bonchev–Trinajstić information content (AvgIpc) is 3.95. The quantitative estimate of drug-likeness (QED) is 0.112. The Bertz CT molecular complexity index is 3600. The van der Waals surface area contributed by atoms with Crippen LogP contribution in [-0.4, -0.2) is 24.3 Å². The summed E-state index contributed by atoms with van der Waals surface area (Å²) in [6.07, 6.45) is 5.70. The second-order valence-electron chi connectivity index (χ2n) is 24.2. The summed E-state index contributed by atoms with van der Waals surface area (Å²) in [7, 11) is 0. The van der Waals surface area contributed by atoms with Gasteiger partial charge in [-0.25, -0.2) is 4.98 Å². The molecule has 10 aromatic rings. The number of ether oxygens (including phenoxy) is 1. The maximum atomic E-state index is 6.95. The Kier molecular flexibility index (Phi) is 13.8. The SMILES string of the molecule is Cc1cc(-n2c3[c-]c(Oc4[c-]c(-n5[c-][n+](-c6cc(C(C)(C)C)cc(C(C)(C)C)c6)c(-c6cc(C(C)(C)C)cc(C(C)(C)C)c6)n5)nc(-c5c(C)cccc5C)c4)ccc3c3ccccc32)ncc1-c1ccccc1.[Pt]. The van der Waals surface area contributed by atoms with E-state index in [9.17, 15) is 0 Å². The van der Waals surface area contributed by atoms with Crippen molar-refractivity contribution in [3.8, 4) is 62.6 Å². The molecule has 4 heterocycles. The standard InChI is InChI=1S/C67H68N6O.Pt/c1-42-22-21-23-43(2)62(42)57-37-53(74-52-28-29-55-54-26-19-20-27-58(54)73(59(55)38-52)60-30-44(3)56(40-68-60)45-24-17-16-18-25-45)39-61(69-57)72-41-71(51-35-49(66(10,11)12)34-50(36-51)67(13,14)15)63(70-72)46-31-47(64(4,5)6)33-48(32-46)65(7,8)9;/h16-37,40H,1-15H3;/q-2;. The molecule has 0 amide bonds. The fourth-order valence-electron chi connectivity index (χ4n) is 9.81. The van der Waals surface area contributed by atoms with E-state index in [0.29, 0.717) is 17.3 Å². The Labute approximate surface area is 459 Å². The first-order valence-corrected chi connectivity index (χ1v) is 25.8. The predicted octanol–water partition coefficient (Wildman–Crippen LogP) is 16.3. The zero-order chi connectivity index (χ0) is 52.6. The maximum Gasteiger partial charge on any atom is 0.231 e. The molecule has 0 fully saturated rings. The molecule has 0 saturated heterocycles. The third kappa shape index (κ3) is 10.5. The molecule has 7 nitrogen and oxygen atoms in total. The first-order valence-electron chi connectivity index (χ1n) is 25.8. The number of hydrogen-bond donors (Lipinski definition) is 0. The van der Waals surface area contributed by atoms with Gasteiger partial charge < -0.3 is 13.9 Å². The summed E-state index contributed by atoms with van der Waals surface area (Å²) >= 11 is 0. The molecular weight excluding hydrogens is 1100 g/mol. The Balaban J connectivity index is 0.00000689. The minimum Gasteiger partial charge on any atom is -0.522 e. The fraction of sp³-hybridized carbons (Fsp3) is 0.284. The summed E-state index contributed by atoms with van der Waals surface area (Å²) in [6.45, 7) is 33.7. The Hall–Kier alpha value is -6.95. The number of fused-ring (bicyclic) bond motifs is 3. The largest absolute Gasteiger partial charge is 0.522 e. The molecule has 4 aromatic heterocycles. The van der Waals surface area contributed by atoms with E-state index in [-0.39, 0.29) is 42.7 Å². The van der Waals surface area contributed by atoms with Crippen LogP contribution in [0.5, 0.6) is 11.5 Å². The Morgan fingerprint density at radius 1 is 0.533 bits per heavy atom. The molecule has 0 saturated carbocycles. The molecule has 6 aromatic carbocycles. The van der Waals surface area contributed by atoms with Crippen LogP contribution in [0.1, 0.15) is 122 Å². The van der Waals surface area contributed by atoms with Gasteiger partial charge in [0.15, 0.2) is 0 Å². The molecule has 0 atom stereocenters. The molecule has 0 spiro atoms. The van der Waals surface area contributed by atoms with Crippen LogP contribution >= 0.6 is 0 Å². The van der Waals surface area contributed by atoms with Crippen molar-refractivity contribution in [2.75, 3.05) is 0 Å². The van der Waals surface area contributed by atoms with Crippen LogP contribution in [0.25, 0.3) is 72.9 Å². The van der Waals surface area contributed by atoms with Crippen LogP contribution in [0.3, 0.4) is 0 Å². The van der Waals surface area contributed by atoms with Gasteiger partial charge in [0.05, 0.1) is 5.82 Å². The molecule has 0 radical (unpaired) electrons. The number of benzene rings is 6. The summed E-state index contributed by atoms with van der Waals surface area (Å²) in [5, 5.41) is 7.64. The molecular formula is C67H68N6OPt-2. The number of aromatic nitrogens is 6. The van der Waals surface area contributed by atoms with Gasteiger partial charge in [-0.15, -0.1) is 23.6 Å². The van der Waals surface area contributed by atoms with Crippen LogP contribution < -0.4 is 9.30 Å². The van der Waals surface area contributed by atoms with Crippen molar-refractivity contribution in [3.63, 3.8) is 0 Å². The summed E-state index contributed by atoms with van der Waals surface area (Å²) < 4.78 is 13.0. The second-order valence-corrected chi connectivity index (χ2v) is 24.2. The predicted molar refractivity (Wildman–Crippen MR) is 303 cm³/mol. The smallest absolute Gasteiger partial charge is 0.231 e. The van der Waals surface area contributed by atoms with Gasteiger partial charge >= 0.3 is 0 Å². The van der Waals surface area contributed by atoms with E-state index < -0.39 is 0 Å². The Morgan fingerprint density at radius 2 is 1.12 bits per heavy atom. The maximum absolute atomic E-state index is 6.95. The first-order chi connectivity index (χ1) is 34.9. The van der Waals surface area contributed by atoms with E-state index in [1.807, 2.05) is 24.4 Å².